The number of methoxy groups -OCH3 is 2. The van der Waals surface area contributed by atoms with Crippen molar-refractivity contribution in [1.29, 1.82) is 0 Å². The molecule has 0 saturated heterocycles. The second-order valence-electron chi connectivity index (χ2n) is 2.69. The van der Waals surface area contributed by atoms with Crippen molar-refractivity contribution < 1.29 is 14.6 Å². The Balaban J connectivity index is 2.44. The molecule has 0 aliphatic rings. The van der Waals surface area contributed by atoms with E-state index in [9.17, 15) is 5.11 Å². The SMILES string of the molecule is COC(OC)C(O)Cc1cccs1. The Morgan fingerprint density at radius 1 is 1.46 bits per heavy atom. The zero-order valence-corrected chi connectivity index (χ0v) is 8.58. The van der Waals surface area contributed by atoms with Gasteiger partial charge in [-0.3, -0.25) is 0 Å². The van der Waals surface area contributed by atoms with Gasteiger partial charge in [-0.2, -0.15) is 0 Å². The van der Waals surface area contributed by atoms with E-state index in [2.05, 4.69) is 0 Å². The van der Waals surface area contributed by atoms with E-state index < -0.39 is 12.4 Å². The zero-order valence-electron chi connectivity index (χ0n) is 7.77. The van der Waals surface area contributed by atoms with E-state index in [1.54, 1.807) is 11.3 Å². The molecule has 0 amide bonds. The number of hydrogen-bond acceptors (Lipinski definition) is 4. The highest BCUT2D eigenvalue weighted by molar-refractivity contribution is 7.09. The van der Waals surface area contributed by atoms with E-state index in [4.69, 9.17) is 9.47 Å². The summed E-state index contributed by atoms with van der Waals surface area (Å²) in [6.45, 7) is 0. The van der Waals surface area contributed by atoms with E-state index in [1.807, 2.05) is 17.5 Å². The van der Waals surface area contributed by atoms with Gasteiger partial charge in [-0.1, -0.05) is 6.07 Å². The van der Waals surface area contributed by atoms with Gasteiger partial charge < -0.3 is 14.6 Å². The van der Waals surface area contributed by atoms with Crippen LogP contribution in [0.3, 0.4) is 0 Å². The van der Waals surface area contributed by atoms with Crippen LogP contribution >= 0.6 is 11.3 Å². The third kappa shape index (κ3) is 3.08. The summed E-state index contributed by atoms with van der Waals surface area (Å²) < 4.78 is 9.88. The highest BCUT2D eigenvalue weighted by atomic mass is 32.1. The van der Waals surface area contributed by atoms with Gasteiger partial charge in [0.2, 0.25) is 0 Å². The molecular formula is C9H14O3S. The van der Waals surface area contributed by atoms with Crippen LogP contribution in [0.25, 0.3) is 0 Å². The first kappa shape index (κ1) is 10.7. The summed E-state index contributed by atoms with van der Waals surface area (Å²) in [6, 6.07) is 3.94. The van der Waals surface area contributed by atoms with Crippen molar-refractivity contribution in [1.82, 2.24) is 0 Å². The first-order chi connectivity index (χ1) is 6.27. The van der Waals surface area contributed by atoms with Gasteiger partial charge in [0.1, 0.15) is 6.10 Å². The third-order valence-electron chi connectivity index (χ3n) is 1.77. The molecule has 1 N–H and O–H groups in total. The highest BCUT2D eigenvalue weighted by Crippen LogP contribution is 2.13. The average Bonchev–Trinajstić information content (AvgIpc) is 2.59. The molecular weight excluding hydrogens is 188 g/mol. The summed E-state index contributed by atoms with van der Waals surface area (Å²) in [5.41, 5.74) is 0. The van der Waals surface area contributed by atoms with Crippen molar-refractivity contribution in [3.63, 3.8) is 0 Å². The maximum absolute atomic E-state index is 9.64. The van der Waals surface area contributed by atoms with Gasteiger partial charge in [0, 0.05) is 25.5 Å². The lowest BCUT2D eigenvalue weighted by atomic mass is 10.2. The predicted molar refractivity (Wildman–Crippen MR) is 51.8 cm³/mol. The summed E-state index contributed by atoms with van der Waals surface area (Å²) in [6.07, 6.45) is -0.569. The summed E-state index contributed by atoms with van der Waals surface area (Å²) >= 11 is 1.62. The first-order valence-electron chi connectivity index (χ1n) is 4.04. The fraction of sp³-hybridized carbons (Fsp3) is 0.556. The van der Waals surface area contributed by atoms with Gasteiger partial charge in [0.25, 0.3) is 0 Å². The summed E-state index contributed by atoms with van der Waals surface area (Å²) in [5.74, 6) is 0. The van der Waals surface area contributed by atoms with Gasteiger partial charge in [-0.25, -0.2) is 0 Å². The largest absolute Gasteiger partial charge is 0.387 e. The van der Waals surface area contributed by atoms with Crippen LogP contribution in [0.4, 0.5) is 0 Å². The van der Waals surface area contributed by atoms with Gasteiger partial charge in [0.05, 0.1) is 0 Å². The molecule has 13 heavy (non-hydrogen) atoms. The molecule has 1 unspecified atom stereocenters. The Morgan fingerprint density at radius 3 is 2.62 bits per heavy atom. The Morgan fingerprint density at radius 2 is 2.15 bits per heavy atom. The molecule has 1 aromatic rings. The number of thiophene rings is 1. The Bertz CT molecular complexity index is 219. The standard InChI is InChI=1S/C9H14O3S/c1-11-9(12-2)8(10)6-7-4-3-5-13-7/h3-5,8-10H,6H2,1-2H3. The topological polar surface area (TPSA) is 38.7 Å². The summed E-state index contributed by atoms with van der Waals surface area (Å²) in [7, 11) is 3.04. The fourth-order valence-corrected chi connectivity index (χ4v) is 1.90. The molecule has 0 aliphatic carbocycles. The molecule has 0 bridgehead atoms. The number of rotatable bonds is 5. The van der Waals surface area contributed by atoms with E-state index in [-0.39, 0.29) is 0 Å². The first-order valence-corrected chi connectivity index (χ1v) is 4.92. The van der Waals surface area contributed by atoms with Crippen LogP contribution in [0.5, 0.6) is 0 Å². The molecule has 4 heteroatoms. The van der Waals surface area contributed by atoms with Crippen LogP contribution in [0.15, 0.2) is 17.5 Å². The lowest BCUT2D eigenvalue weighted by Crippen LogP contribution is -2.31. The summed E-state index contributed by atoms with van der Waals surface area (Å²) in [4.78, 5) is 1.13. The molecule has 0 radical (unpaired) electrons. The summed E-state index contributed by atoms with van der Waals surface area (Å²) in [5, 5.41) is 11.6. The van der Waals surface area contributed by atoms with Gasteiger partial charge in [-0.05, 0) is 11.4 Å². The minimum Gasteiger partial charge on any atom is -0.387 e. The Labute approximate surface area is 81.9 Å². The number of aliphatic hydroxyl groups is 1. The van der Waals surface area contributed by atoms with Crippen LogP contribution in [0.1, 0.15) is 4.88 Å². The van der Waals surface area contributed by atoms with Crippen molar-refractivity contribution in [3.8, 4) is 0 Å². The van der Waals surface area contributed by atoms with Crippen LogP contribution < -0.4 is 0 Å². The third-order valence-corrected chi connectivity index (χ3v) is 2.67. The second kappa shape index (κ2) is 5.34. The van der Waals surface area contributed by atoms with Gasteiger partial charge >= 0.3 is 0 Å². The van der Waals surface area contributed by atoms with E-state index >= 15 is 0 Å². The van der Waals surface area contributed by atoms with Crippen molar-refractivity contribution in [2.45, 2.75) is 18.8 Å². The predicted octanol–water partition coefficient (Wildman–Crippen LogP) is 1.27. The molecule has 0 spiro atoms. The number of ether oxygens (including phenoxy) is 2. The molecule has 1 aromatic heterocycles. The van der Waals surface area contributed by atoms with Crippen LogP contribution in [-0.2, 0) is 15.9 Å². The van der Waals surface area contributed by atoms with E-state index in [0.717, 1.165) is 4.88 Å². The monoisotopic (exact) mass is 202 g/mol. The van der Waals surface area contributed by atoms with Gasteiger partial charge in [-0.15, -0.1) is 11.3 Å². The van der Waals surface area contributed by atoms with Crippen molar-refractivity contribution in [2.75, 3.05) is 14.2 Å². The van der Waals surface area contributed by atoms with Crippen LogP contribution in [0.2, 0.25) is 0 Å². The zero-order chi connectivity index (χ0) is 9.68. The highest BCUT2D eigenvalue weighted by Gasteiger charge is 2.18. The molecule has 0 fully saturated rings. The van der Waals surface area contributed by atoms with Gasteiger partial charge in [0.15, 0.2) is 6.29 Å². The smallest absolute Gasteiger partial charge is 0.183 e. The maximum Gasteiger partial charge on any atom is 0.183 e. The van der Waals surface area contributed by atoms with Crippen molar-refractivity contribution >= 4 is 11.3 Å². The molecule has 0 saturated carbocycles. The second-order valence-corrected chi connectivity index (χ2v) is 3.72. The average molecular weight is 202 g/mol. The van der Waals surface area contributed by atoms with Crippen LogP contribution in [0, 0.1) is 0 Å². The number of hydrogen-bond donors (Lipinski definition) is 1. The minimum atomic E-state index is -0.603. The molecule has 1 rings (SSSR count). The quantitative estimate of drug-likeness (QED) is 0.731. The Kier molecular flexibility index (Phi) is 4.38. The lowest BCUT2D eigenvalue weighted by molar-refractivity contribution is -0.163. The molecule has 1 atom stereocenters. The molecule has 1 heterocycles. The van der Waals surface area contributed by atoms with Crippen molar-refractivity contribution in [2.24, 2.45) is 0 Å². The number of aliphatic hydroxyl groups excluding tert-OH is 1. The molecule has 74 valence electrons. The lowest BCUT2D eigenvalue weighted by Gasteiger charge is -2.19. The minimum absolute atomic E-state index is 0.540. The normalized spacial score (nSPS) is 13.5. The van der Waals surface area contributed by atoms with Crippen molar-refractivity contribution in [3.05, 3.63) is 22.4 Å². The molecule has 3 nitrogen and oxygen atoms in total. The molecule has 0 aliphatic heterocycles. The maximum atomic E-state index is 9.64. The van der Waals surface area contributed by atoms with E-state index in [1.165, 1.54) is 14.2 Å². The molecule has 0 aromatic carbocycles. The van der Waals surface area contributed by atoms with Crippen LogP contribution in [-0.4, -0.2) is 31.7 Å². The Hall–Kier alpha value is -0.420. The fourth-order valence-electron chi connectivity index (χ4n) is 1.14. The van der Waals surface area contributed by atoms with E-state index in [0.29, 0.717) is 6.42 Å².